The lowest BCUT2D eigenvalue weighted by atomic mass is 10.6. The zero-order valence-corrected chi connectivity index (χ0v) is 8.50. The summed E-state index contributed by atoms with van der Waals surface area (Å²) in [5.74, 6) is 0.924. The molecule has 0 unspecified atom stereocenters. The molecule has 0 rings (SSSR count). The molecule has 0 fully saturated rings. The molecule has 2 nitrogen and oxygen atoms in total. The third kappa shape index (κ3) is 5.33. The van der Waals surface area contributed by atoms with Gasteiger partial charge in [-0.15, -0.1) is 0 Å². The summed E-state index contributed by atoms with van der Waals surface area (Å²) in [5, 5.41) is 0. The molecule has 0 N–H and O–H groups in total. The summed E-state index contributed by atoms with van der Waals surface area (Å²) in [6.45, 7) is 3.86. The van der Waals surface area contributed by atoms with Crippen LogP contribution in [0.3, 0.4) is 0 Å². The molecule has 0 aliphatic carbocycles. The fourth-order valence-corrected chi connectivity index (χ4v) is 3.67. The third-order valence-electron chi connectivity index (χ3n) is 0.894. The Hall–Kier alpha value is 0.540. The van der Waals surface area contributed by atoms with Crippen molar-refractivity contribution in [1.82, 2.24) is 0 Å². The minimum atomic E-state index is -2.29. The molecule has 0 saturated heterocycles. The quantitative estimate of drug-likeness (QED) is 0.611. The second-order valence-electron chi connectivity index (χ2n) is 2.02. The normalized spacial score (nSPS) is 16.7. The first-order valence-electron chi connectivity index (χ1n) is 3.49. The van der Waals surface area contributed by atoms with Gasteiger partial charge in [0.1, 0.15) is 0 Å². The van der Waals surface area contributed by atoms with Crippen molar-refractivity contribution in [1.29, 1.82) is 0 Å². The lowest BCUT2D eigenvalue weighted by Gasteiger charge is -2.09. The van der Waals surface area contributed by atoms with Crippen LogP contribution in [-0.2, 0) is 9.09 Å². The lowest BCUT2D eigenvalue weighted by molar-refractivity contribution is 0.350. The summed E-state index contributed by atoms with van der Waals surface area (Å²) in [5.41, 5.74) is 0. The minimum Gasteiger partial charge on any atom is -0.322 e. The van der Waals surface area contributed by atoms with Crippen molar-refractivity contribution in [2.45, 2.75) is 20.3 Å². The van der Waals surface area contributed by atoms with Gasteiger partial charge in [-0.05, 0) is 13.3 Å². The molecular weight excluding hydrogens is 167 g/mol. The Morgan fingerprint density at radius 1 is 1.50 bits per heavy atom. The highest BCUT2D eigenvalue weighted by Crippen LogP contribution is 2.56. The third-order valence-corrected chi connectivity index (χ3v) is 4.95. The monoisotopic (exact) mass is 182 g/mol. The summed E-state index contributed by atoms with van der Waals surface area (Å²) < 4.78 is 16.4. The number of hydrogen-bond acceptors (Lipinski definition) is 3. The van der Waals surface area contributed by atoms with Gasteiger partial charge < -0.3 is 4.52 Å². The molecule has 10 heavy (non-hydrogen) atoms. The summed E-state index contributed by atoms with van der Waals surface area (Å²) in [7, 11) is 0. The zero-order chi connectivity index (χ0) is 8.04. The van der Waals surface area contributed by atoms with E-state index in [1.54, 1.807) is 6.66 Å². The van der Waals surface area contributed by atoms with Gasteiger partial charge in [-0.2, -0.15) is 0 Å². The fraction of sp³-hybridized carbons (Fsp3) is 1.00. The van der Waals surface area contributed by atoms with Crippen molar-refractivity contribution in [3.8, 4) is 0 Å². The van der Waals surface area contributed by atoms with E-state index in [0.717, 1.165) is 12.2 Å². The summed E-state index contributed by atoms with van der Waals surface area (Å²) in [6, 6.07) is 0. The molecule has 62 valence electrons. The van der Waals surface area contributed by atoms with Crippen molar-refractivity contribution in [2.75, 3.05) is 19.0 Å². The largest absolute Gasteiger partial charge is 0.322 e. The number of hydrogen-bond donors (Lipinski definition) is 0. The standard InChI is InChI=1S/C6H15O2PS/c1-4-6-10-9(3,7)8-5-2/h4-6H2,1-3H3/t9-/m0/s1. The summed E-state index contributed by atoms with van der Waals surface area (Å²) >= 11 is 1.44. The summed E-state index contributed by atoms with van der Waals surface area (Å²) in [4.78, 5) is 0. The molecule has 0 aromatic carbocycles. The van der Waals surface area contributed by atoms with Crippen LogP contribution in [0, 0.1) is 0 Å². The van der Waals surface area contributed by atoms with Gasteiger partial charge in [-0.25, -0.2) is 0 Å². The molecule has 0 amide bonds. The van der Waals surface area contributed by atoms with E-state index in [1.165, 1.54) is 11.4 Å². The number of rotatable bonds is 5. The second-order valence-corrected chi connectivity index (χ2v) is 7.25. The molecule has 0 aliphatic heterocycles. The van der Waals surface area contributed by atoms with Crippen molar-refractivity contribution in [3.05, 3.63) is 0 Å². The van der Waals surface area contributed by atoms with Gasteiger partial charge in [0.25, 0.3) is 6.57 Å². The van der Waals surface area contributed by atoms with Crippen LogP contribution >= 0.6 is 18.0 Å². The van der Waals surface area contributed by atoms with Crippen LogP contribution in [-0.4, -0.2) is 19.0 Å². The smallest absolute Gasteiger partial charge is 0.254 e. The van der Waals surface area contributed by atoms with E-state index in [-0.39, 0.29) is 0 Å². The maximum absolute atomic E-state index is 11.3. The Morgan fingerprint density at radius 3 is 2.50 bits per heavy atom. The maximum atomic E-state index is 11.3. The van der Waals surface area contributed by atoms with Gasteiger partial charge in [-0.3, -0.25) is 4.57 Å². The van der Waals surface area contributed by atoms with Crippen molar-refractivity contribution in [2.24, 2.45) is 0 Å². The molecule has 0 spiro atoms. The molecule has 1 atom stereocenters. The van der Waals surface area contributed by atoms with E-state index in [1.807, 2.05) is 6.92 Å². The van der Waals surface area contributed by atoms with Crippen LogP contribution in [0.4, 0.5) is 0 Å². The molecule has 0 aromatic rings. The first-order valence-corrected chi connectivity index (χ1v) is 7.15. The molecule has 0 aromatic heterocycles. The van der Waals surface area contributed by atoms with Crippen molar-refractivity contribution in [3.63, 3.8) is 0 Å². The second kappa shape index (κ2) is 5.22. The molecular formula is C6H15O2PS. The first kappa shape index (κ1) is 10.5. The molecule has 0 bridgehead atoms. The van der Waals surface area contributed by atoms with Crippen LogP contribution in [0.1, 0.15) is 20.3 Å². The van der Waals surface area contributed by atoms with E-state index in [2.05, 4.69) is 6.92 Å². The SMILES string of the molecule is CCCS[P@@](C)(=O)OCC. The highest BCUT2D eigenvalue weighted by Gasteiger charge is 2.13. The predicted octanol–water partition coefficient (Wildman–Crippen LogP) is 2.99. The van der Waals surface area contributed by atoms with Gasteiger partial charge in [0.05, 0.1) is 6.61 Å². The predicted molar refractivity (Wildman–Crippen MR) is 47.9 cm³/mol. The first-order chi connectivity index (χ1) is 4.62. The highest BCUT2D eigenvalue weighted by molar-refractivity contribution is 8.56. The zero-order valence-electron chi connectivity index (χ0n) is 6.79. The summed E-state index contributed by atoms with van der Waals surface area (Å²) in [6.07, 6.45) is 1.05. The van der Waals surface area contributed by atoms with E-state index in [9.17, 15) is 4.57 Å². The Kier molecular flexibility index (Phi) is 5.51. The highest BCUT2D eigenvalue weighted by atomic mass is 32.7. The van der Waals surface area contributed by atoms with Crippen LogP contribution in [0.15, 0.2) is 0 Å². The van der Waals surface area contributed by atoms with Crippen molar-refractivity contribution < 1.29 is 9.09 Å². The van der Waals surface area contributed by atoms with Gasteiger partial charge in [0.15, 0.2) is 0 Å². The lowest BCUT2D eigenvalue weighted by Crippen LogP contribution is -1.84. The van der Waals surface area contributed by atoms with Crippen molar-refractivity contribution >= 4 is 18.0 Å². The van der Waals surface area contributed by atoms with Crippen LogP contribution in [0.2, 0.25) is 0 Å². The Labute approximate surface area is 66.9 Å². The molecule has 0 radical (unpaired) electrons. The Bertz CT molecular complexity index is 127. The van der Waals surface area contributed by atoms with Crippen LogP contribution in [0.25, 0.3) is 0 Å². The van der Waals surface area contributed by atoms with E-state index in [4.69, 9.17) is 4.52 Å². The molecule has 4 heteroatoms. The molecule has 0 saturated carbocycles. The average Bonchev–Trinajstić information content (AvgIpc) is 1.84. The minimum absolute atomic E-state index is 0.546. The van der Waals surface area contributed by atoms with E-state index < -0.39 is 6.57 Å². The van der Waals surface area contributed by atoms with Gasteiger partial charge in [0.2, 0.25) is 0 Å². The Balaban J connectivity index is 3.53. The molecule has 0 heterocycles. The van der Waals surface area contributed by atoms with Crippen LogP contribution in [0.5, 0.6) is 0 Å². The van der Waals surface area contributed by atoms with Gasteiger partial charge in [-0.1, -0.05) is 18.3 Å². The van der Waals surface area contributed by atoms with Crippen LogP contribution < -0.4 is 0 Å². The Morgan fingerprint density at radius 2 is 2.10 bits per heavy atom. The fourth-order valence-electron chi connectivity index (χ4n) is 0.529. The maximum Gasteiger partial charge on any atom is 0.254 e. The van der Waals surface area contributed by atoms with E-state index in [0.29, 0.717) is 6.61 Å². The van der Waals surface area contributed by atoms with Gasteiger partial charge >= 0.3 is 0 Å². The van der Waals surface area contributed by atoms with Gasteiger partial charge in [0, 0.05) is 12.4 Å². The topological polar surface area (TPSA) is 26.3 Å². The van der Waals surface area contributed by atoms with E-state index >= 15 is 0 Å². The average molecular weight is 182 g/mol. The molecule has 0 aliphatic rings.